The first-order chi connectivity index (χ1) is 7.26. The standard InChI is InChI=1S/C6H13NO8S/c7-3-5(15-16(11,12)13)4(9)2(1-8)14-6(3)10/h2-6,8-10H,1,7H2,(H,11,12,13). The van der Waals surface area contributed by atoms with E-state index >= 15 is 0 Å². The molecular formula is C6H13NO8S. The second kappa shape index (κ2) is 4.89. The van der Waals surface area contributed by atoms with Gasteiger partial charge in [-0.1, -0.05) is 0 Å². The van der Waals surface area contributed by atoms with Gasteiger partial charge in [-0.2, -0.15) is 8.42 Å². The van der Waals surface area contributed by atoms with E-state index in [-0.39, 0.29) is 0 Å². The molecule has 1 fully saturated rings. The summed E-state index contributed by atoms with van der Waals surface area (Å²) in [6.07, 6.45) is -6.06. The van der Waals surface area contributed by atoms with Crippen molar-refractivity contribution in [1.82, 2.24) is 0 Å². The molecule has 96 valence electrons. The molecule has 1 aliphatic rings. The maximum Gasteiger partial charge on any atom is 0.397 e. The van der Waals surface area contributed by atoms with Crippen LogP contribution in [0.5, 0.6) is 0 Å². The lowest BCUT2D eigenvalue weighted by Gasteiger charge is -2.39. The molecular weight excluding hydrogens is 246 g/mol. The second-order valence-corrected chi connectivity index (χ2v) is 4.35. The maximum absolute atomic E-state index is 10.5. The summed E-state index contributed by atoms with van der Waals surface area (Å²) in [6, 6.07) is -1.38. The summed E-state index contributed by atoms with van der Waals surface area (Å²) in [5.74, 6) is 0. The molecule has 0 aromatic rings. The average molecular weight is 259 g/mol. The molecule has 0 spiro atoms. The molecule has 10 heteroatoms. The highest BCUT2D eigenvalue weighted by molar-refractivity contribution is 7.80. The molecule has 0 aliphatic carbocycles. The molecule has 0 aromatic heterocycles. The van der Waals surface area contributed by atoms with Gasteiger partial charge in [0.05, 0.1) is 12.6 Å². The van der Waals surface area contributed by atoms with Crippen LogP contribution < -0.4 is 5.73 Å². The Hall–Kier alpha value is -0.330. The van der Waals surface area contributed by atoms with E-state index in [0.29, 0.717) is 0 Å². The van der Waals surface area contributed by atoms with Gasteiger partial charge in [0, 0.05) is 0 Å². The van der Waals surface area contributed by atoms with Gasteiger partial charge in [0.15, 0.2) is 6.29 Å². The first-order valence-electron chi connectivity index (χ1n) is 4.30. The van der Waals surface area contributed by atoms with Gasteiger partial charge < -0.3 is 25.8 Å². The molecule has 5 atom stereocenters. The van der Waals surface area contributed by atoms with E-state index in [2.05, 4.69) is 8.92 Å². The van der Waals surface area contributed by atoms with Crippen LogP contribution in [0, 0.1) is 0 Å². The lowest BCUT2D eigenvalue weighted by atomic mass is 9.98. The largest absolute Gasteiger partial charge is 0.397 e. The molecule has 1 rings (SSSR count). The average Bonchev–Trinajstić information content (AvgIpc) is 2.17. The summed E-state index contributed by atoms with van der Waals surface area (Å²) in [5, 5.41) is 27.5. The summed E-state index contributed by atoms with van der Waals surface area (Å²) < 4.78 is 38.2. The molecule has 9 nitrogen and oxygen atoms in total. The van der Waals surface area contributed by atoms with Gasteiger partial charge in [-0.3, -0.25) is 4.55 Å². The molecule has 1 aliphatic heterocycles. The third kappa shape index (κ3) is 3.09. The third-order valence-electron chi connectivity index (χ3n) is 2.15. The van der Waals surface area contributed by atoms with Crippen LogP contribution in [0.15, 0.2) is 0 Å². The summed E-state index contributed by atoms with van der Waals surface area (Å²) in [6.45, 7) is -0.670. The number of aliphatic hydroxyl groups excluding tert-OH is 3. The maximum atomic E-state index is 10.5. The number of nitrogens with two attached hydrogens (primary N) is 1. The summed E-state index contributed by atoms with van der Waals surface area (Å²) in [4.78, 5) is 0. The minimum atomic E-state index is -4.83. The minimum absolute atomic E-state index is 0.670. The Labute approximate surface area is 91.3 Å². The van der Waals surface area contributed by atoms with Crippen LogP contribution in [0.4, 0.5) is 0 Å². The quantitative estimate of drug-likeness (QED) is 0.325. The topological polar surface area (TPSA) is 160 Å². The molecule has 16 heavy (non-hydrogen) atoms. The SMILES string of the molecule is NC1C(O)OC(CO)C(O)C1OS(=O)(=O)O. The second-order valence-electron chi connectivity index (χ2n) is 3.30. The lowest BCUT2D eigenvalue weighted by Crippen LogP contribution is -2.63. The fourth-order valence-electron chi connectivity index (χ4n) is 1.36. The number of hydrogen-bond donors (Lipinski definition) is 5. The fraction of sp³-hybridized carbons (Fsp3) is 1.00. The van der Waals surface area contributed by atoms with Crippen LogP contribution in [0.3, 0.4) is 0 Å². The van der Waals surface area contributed by atoms with Crippen molar-refractivity contribution in [1.29, 1.82) is 0 Å². The van der Waals surface area contributed by atoms with Gasteiger partial charge in [0.2, 0.25) is 0 Å². The Bertz CT molecular complexity index is 331. The van der Waals surface area contributed by atoms with Gasteiger partial charge in [0.25, 0.3) is 0 Å². The Morgan fingerprint density at radius 3 is 2.38 bits per heavy atom. The molecule has 0 bridgehead atoms. The highest BCUT2D eigenvalue weighted by atomic mass is 32.3. The Morgan fingerprint density at radius 2 is 1.94 bits per heavy atom. The predicted octanol–water partition coefficient (Wildman–Crippen LogP) is -3.43. The zero-order valence-electron chi connectivity index (χ0n) is 8.00. The molecule has 0 amide bonds. The van der Waals surface area contributed by atoms with Crippen molar-refractivity contribution in [3.05, 3.63) is 0 Å². The number of aliphatic hydroxyl groups is 3. The first-order valence-corrected chi connectivity index (χ1v) is 5.66. The molecule has 6 N–H and O–H groups in total. The van der Waals surface area contributed by atoms with E-state index in [1.807, 2.05) is 0 Å². The summed E-state index contributed by atoms with van der Waals surface area (Å²) in [5.41, 5.74) is 5.32. The van der Waals surface area contributed by atoms with E-state index in [0.717, 1.165) is 0 Å². The van der Waals surface area contributed by atoms with Gasteiger partial charge in [0.1, 0.15) is 18.3 Å². The van der Waals surface area contributed by atoms with Crippen LogP contribution >= 0.6 is 0 Å². The predicted molar refractivity (Wildman–Crippen MR) is 48.4 cm³/mol. The van der Waals surface area contributed by atoms with Crippen LogP contribution in [-0.2, 0) is 19.3 Å². The summed E-state index contributed by atoms with van der Waals surface area (Å²) in [7, 11) is -4.83. The molecule has 5 unspecified atom stereocenters. The zero-order valence-corrected chi connectivity index (χ0v) is 8.82. The van der Waals surface area contributed by atoms with Crippen molar-refractivity contribution in [2.45, 2.75) is 30.6 Å². The smallest absolute Gasteiger partial charge is 0.394 e. The number of rotatable bonds is 3. The van der Waals surface area contributed by atoms with Gasteiger partial charge in [-0.05, 0) is 0 Å². The Kier molecular flexibility index (Phi) is 4.20. The monoisotopic (exact) mass is 259 g/mol. The van der Waals surface area contributed by atoms with Crippen LogP contribution in [0.2, 0.25) is 0 Å². The van der Waals surface area contributed by atoms with Gasteiger partial charge >= 0.3 is 10.4 Å². The fourth-order valence-corrected chi connectivity index (χ4v) is 1.89. The molecule has 1 heterocycles. The van der Waals surface area contributed by atoms with Crippen LogP contribution in [0.1, 0.15) is 0 Å². The number of ether oxygens (including phenoxy) is 1. The first kappa shape index (κ1) is 13.7. The van der Waals surface area contributed by atoms with E-state index in [4.69, 9.17) is 15.4 Å². The molecule has 0 saturated carbocycles. The van der Waals surface area contributed by atoms with Crippen LogP contribution in [-0.4, -0.2) is 65.5 Å². The van der Waals surface area contributed by atoms with Crippen molar-refractivity contribution < 1.29 is 37.2 Å². The lowest BCUT2D eigenvalue weighted by molar-refractivity contribution is -0.244. The van der Waals surface area contributed by atoms with E-state index in [9.17, 15) is 18.6 Å². The van der Waals surface area contributed by atoms with E-state index in [1.54, 1.807) is 0 Å². The highest BCUT2D eigenvalue weighted by Crippen LogP contribution is 2.21. The normalized spacial score (nSPS) is 40.9. The van der Waals surface area contributed by atoms with Crippen molar-refractivity contribution in [3.63, 3.8) is 0 Å². The zero-order chi connectivity index (χ0) is 12.5. The van der Waals surface area contributed by atoms with Crippen molar-refractivity contribution in [2.75, 3.05) is 6.61 Å². The van der Waals surface area contributed by atoms with Crippen molar-refractivity contribution in [2.24, 2.45) is 5.73 Å². The van der Waals surface area contributed by atoms with Crippen molar-refractivity contribution >= 4 is 10.4 Å². The third-order valence-corrected chi connectivity index (χ3v) is 2.62. The van der Waals surface area contributed by atoms with Crippen molar-refractivity contribution in [3.8, 4) is 0 Å². The minimum Gasteiger partial charge on any atom is -0.394 e. The number of hydrogen-bond acceptors (Lipinski definition) is 8. The van der Waals surface area contributed by atoms with Crippen LogP contribution in [0.25, 0.3) is 0 Å². The summed E-state index contributed by atoms with van der Waals surface area (Å²) >= 11 is 0. The van der Waals surface area contributed by atoms with E-state index in [1.165, 1.54) is 0 Å². The van der Waals surface area contributed by atoms with Gasteiger partial charge in [-0.15, -0.1) is 0 Å². The molecule has 0 radical (unpaired) electrons. The Balaban J connectivity index is 2.85. The van der Waals surface area contributed by atoms with E-state index < -0.39 is 47.6 Å². The Morgan fingerprint density at radius 1 is 1.38 bits per heavy atom. The molecule has 0 aromatic carbocycles. The molecule has 1 saturated heterocycles. The highest BCUT2D eigenvalue weighted by Gasteiger charge is 2.45. The van der Waals surface area contributed by atoms with Gasteiger partial charge in [-0.25, -0.2) is 4.18 Å².